The van der Waals surface area contributed by atoms with E-state index in [1.54, 1.807) is 0 Å². The summed E-state index contributed by atoms with van der Waals surface area (Å²) in [6, 6.07) is 0. The molecule has 0 saturated carbocycles. The van der Waals surface area contributed by atoms with Crippen molar-refractivity contribution in [3.63, 3.8) is 0 Å². The number of nitrogens with zero attached hydrogens (tertiary/aromatic N) is 2. The molecule has 1 rings (SSSR count). The van der Waals surface area contributed by atoms with E-state index in [-0.39, 0.29) is 0 Å². The van der Waals surface area contributed by atoms with Crippen molar-refractivity contribution in [2.24, 2.45) is 5.92 Å². The molecule has 12 heavy (non-hydrogen) atoms. The van der Waals surface area contributed by atoms with Gasteiger partial charge in [0, 0.05) is 25.4 Å². The minimum atomic E-state index is 0.704. The van der Waals surface area contributed by atoms with Gasteiger partial charge in [-0.1, -0.05) is 20.8 Å². The molecule has 0 bridgehead atoms. The average molecular weight is 166 g/mol. The van der Waals surface area contributed by atoms with E-state index in [9.17, 15) is 0 Å². The maximum atomic E-state index is 4.32. The molecule has 1 heterocycles. The molecule has 0 amide bonds. The van der Waals surface area contributed by atoms with Crippen LogP contribution in [0.4, 0.5) is 0 Å². The van der Waals surface area contributed by atoms with Crippen LogP contribution in [0.25, 0.3) is 0 Å². The zero-order chi connectivity index (χ0) is 8.97. The Morgan fingerprint density at radius 1 is 1.50 bits per heavy atom. The quantitative estimate of drug-likeness (QED) is 0.672. The van der Waals surface area contributed by atoms with Gasteiger partial charge in [0.2, 0.25) is 0 Å². The number of hydrogen-bond acceptors (Lipinski definition) is 1. The summed E-state index contributed by atoms with van der Waals surface area (Å²) >= 11 is 0. The Morgan fingerprint density at radius 3 is 2.83 bits per heavy atom. The largest absolute Gasteiger partial charge is 0.335 e. The highest BCUT2D eigenvalue weighted by Gasteiger charge is 2.02. The zero-order valence-corrected chi connectivity index (χ0v) is 8.25. The van der Waals surface area contributed by atoms with Gasteiger partial charge in [0.25, 0.3) is 0 Å². The Balaban J connectivity index is 2.63. The first kappa shape index (κ1) is 9.30. The second kappa shape index (κ2) is 4.29. The van der Waals surface area contributed by atoms with Crippen LogP contribution in [0.3, 0.4) is 0 Å². The van der Waals surface area contributed by atoms with E-state index in [1.165, 1.54) is 12.2 Å². The van der Waals surface area contributed by atoms with Crippen LogP contribution in [0.1, 0.15) is 33.0 Å². The summed E-state index contributed by atoms with van der Waals surface area (Å²) in [6.45, 7) is 7.75. The van der Waals surface area contributed by atoms with Gasteiger partial charge < -0.3 is 4.57 Å². The number of rotatable bonds is 4. The maximum Gasteiger partial charge on any atom is 0.108 e. The molecule has 0 saturated heterocycles. The van der Waals surface area contributed by atoms with Crippen LogP contribution in [-0.4, -0.2) is 9.55 Å². The third-order valence-corrected chi connectivity index (χ3v) is 1.84. The molecular formula is C10H18N2. The Morgan fingerprint density at radius 2 is 2.25 bits per heavy atom. The van der Waals surface area contributed by atoms with Gasteiger partial charge in [-0.05, 0) is 12.3 Å². The molecule has 0 unspecified atom stereocenters. The Hall–Kier alpha value is -0.790. The third kappa shape index (κ3) is 2.36. The summed E-state index contributed by atoms with van der Waals surface area (Å²) < 4.78 is 2.26. The van der Waals surface area contributed by atoms with Gasteiger partial charge in [-0.25, -0.2) is 4.98 Å². The fourth-order valence-corrected chi connectivity index (χ4v) is 1.35. The highest BCUT2D eigenvalue weighted by Crippen LogP contribution is 2.05. The molecule has 0 fully saturated rings. The van der Waals surface area contributed by atoms with E-state index in [0.29, 0.717) is 5.92 Å². The first-order valence-corrected chi connectivity index (χ1v) is 4.74. The summed E-state index contributed by atoms with van der Waals surface area (Å²) in [7, 11) is 0. The lowest BCUT2D eigenvalue weighted by Crippen LogP contribution is -2.07. The molecule has 0 radical (unpaired) electrons. The van der Waals surface area contributed by atoms with Gasteiger partial charge in [-0.15, -0.1) is 0 Å². The molecule has 68 valence electrons. The standard InChI is InChI=1S/C10H18N2/c1-4-5-10-11-6-7-12(10)8-9(2)3/h6-7,9H,4-5,8H2,1-3H3. The molecule has 1 aromatic rings. The van der Waals surface area contributed by atoms with E-state index >= 15 is 0 Å². The van der Waals surface area contributed by atoms with E-state index in [2.05, 4.69) is 36.5 Å². The SMILES string of the molecule is CCCc1nccn1CC(C)C. The molecule has 2 heteroatoms. The van der Waals surface area contributed by atoms with Gasteiger partial charge >= 0.3 is 0 Å². The molecular weight excluding hydrogens is 148 g/mol. The Bertz CT molecular complexity index is 225. The van der Waals surface area contributed by atoms with Crippen molar-refractivity contribution in [3.05, 3.63) is 18.2 Å². The fraction of sp³-hybridized carbons (Fsp3) is 0.700. The van der Waals surface area contributed by atoms with Crippen molar-refractivity contribution in [2.75, 3.05) is 0 Å². The van der Waals surface area contributed by atoms with Gasteiger partial charge in [0.1, 0.15) is 5.82 Å². The van der Waals surface area contributed by atoms with Crippen molar-refractivity contribution >= 4 is 0 Å². The van der Waals surface area contributed by atoms with Crippen LogP contribution < -0.4 is 0 Å². The van der Waals surface area contributed by atoms with Crippen LogP contribution in [-0.2, 0) is 13.0 Å². The second-order valence-corrected chi connectivity index (χ2v) is 3.64. The van der Waals surface area contributed by atoms with Crippen LogP contribution in [0, 0.1) is 5.92 Å². The minimum Gasteiger partial charge on any atom is -0.335 e. The number of imidazole rings is 1. The summed E-state index contributed by atoms with van der Waals surface area (Å²) in [6.07, 6.45) is 6.24. The van der Waals surface area contributed by atoms with Crippen molar-refractivity contribution in [3.8, 4) is 0 Å². The summed E-state index contributed by atoms with van der Waals surface area (Å²) in [4.78, 5) is 4.32. The first-order chi connectivity index (χ1) is 5.74. The molecule has 0 aliphatic heterocycles. The van der Waals surface area contributed by atoms with E-state index in [1.807, 2.05) is 6.20 Å². The Labute approximate surface area is 74.6 Å². The molecule has 0 aliphatic carbocycles. The average Bonchev–Trinajstić information content (AvgIpc) is 2.37. The van der Waals surface area contributed by atoms with Crippen molar-refractivity contribution < 1.29 is 0 Å². The van der Waals surface area contributed by atoms with Crippen molar-refractivity contribution in [2.45, 2.75) is 40.2 Å². The zero-order valence-electron chi connectivity index (χ0n) is 8.25. The van der Waals surface area contributed by atoms with Gasteiger partial charge in [0.15, 0.2) is 0 Å². The van der Waals surface area contributed by atoms with Gasteiger partial charge in [-0.3, -0.25) is 0 Å². The molecule has 0 N–H and O–H groups in total. The molecule has 0 aliphatic rings. The lowest BCUT2D eigenvalue weighted by Gasteiger charge is -2.09. The van der Waals surface area contributed by atoms with Crippen LogP contribution in [0.5, 0.6) is 0 Å². The summed E-state index contributed by atoms with van der Waals surface area (Å²) in [5.41, 5.74) is 0. The lowest BCUT2D eigenvalue weighted by molar-refractivity contribution is 0.505. The van der Waals surface area contributed by atoms with E-state index < -0.39 is 0 Å². The number of aromatic nitrogens is 2. The van der Waals surface area contributed by atoms with E-state index in [4.69, 9.17) is 0 Å². The van der Waals surface area contributed by atoms with Crippen LogP contribution in [0.2, 0.25) is 0 Å². The van der Waals surface area contributed by atoms with Crippen LogP contribution in [0.15, 0.2) is 12.4 Å². The van der Waals surface area contributed by atoms with Gasteiger partial charge in [0.05, 0.1) is 0 Å². The minimum absolute atomic E-state index is 0.704. The third-order valence-electron chi connectivity index (χ3n) is 1.84. The smallest absolute Gasteiger partial charge is 0.108 e. The topological polar surface area (TPSA) is 17.8 Å². The highest BCUT2D eigenvalue weighted by molar-refractivity contribution is 4.92. The second-order valence-electron chi connectivity index (χ2n) is 3.64. The summed E-state index contributed by atoms with van der Waals surface area (Å²) in [5.74, 6) is 1.93. The highest BCUT2D eigenvalue weighted by atomic mass is 15.1. The van der Waals surface area contributed by atoms with E-state index in [0.717, 1.165) is 13.0 Å². The van der Waals surface area contributed by atoms with Gasteiger partial charge in [-0.2, -0.15) is 0 Å². The predicted molar refractivity (Wildman–Crippen MR) is 51.1 cm³/mol. The Kier molecular flexibility index (Phi) is 3.32. The summed E-state index contributed by atoms with van der Waals surface area (Å²) in [5, 5.41) is 0. The molecule has 0 spiro atoms. The normalized spacial score (nSPS) is 11.0. The lowest BCUT2D eigenvalue weighted by atomic mass is 10.2. The molecule has 0 aromatic carbocycles. The molecule has 0 atom stereocenters. The first-order valence-electron chi connectivity index (χ1n) is 4.74. The number of hydrogen-bond donors (Lipinski definition) is 0. The van der Waals surface area contributed by atoms with Crippen LogP contribution >= 0.6 is 0 Å². The van der Waals surface area contributed by atoms with Crippen molar-refractivity contribution in [1.29, 1.82) is 0 Å². The van der Waals surface area contributed by atoms with Crippen molar-refractivity contribution in [1.82, 2.24) is 9.55 Å². The monoisotopic (exact) mass is 166 g/mol. The predicted octanol–water partition coefficient (Wildman–Crippen LogP) is 2.49. The molecule has 2 nitrogen and oxygen atoms in total. The maximum absolute atomic E-state index is 4.32. The fourth-order valence-electron chi connectivity index (χ4n) is 1.35. The molecule has 1 aromatic heterocycles. The number of aryl methyl sites for hydroxylation is 1.